The summed E-state index contributed by atoms with van der Waals surface area (Å²) < 4.78 is 5.18. The molecular formula is C10H19N3O3. The summed E-state index contributed by atoms with van der Waals surface area (Å²) in [6.07, 6.45) is -0.597. The van der Waals surface area contributed by atoms with E-state index in [0.29, 0.717) is 19.7 Å². The predicted octanol–water partition coefficient (Wildman–Crippen LogP) is -1.30. The van der Waals surface area contributed by atoms with Gasteiger partial charge in [0.05, 0.1) is 13.2 Å². The molecule has 0 aromatic heterocycles. The number of hydrogen-bond acceptors (Lipinski definition) is 4. The van der Waals surface area contributed by atoms with Crippen LogP contribution in [0.4, 0.5) is 0 Å². The Morgan fingerprint density at radius 2 is 2.25 bits per heavy atom. The van der Waals surface area contributed by atoms with Gasteiger partial charge in [0.25, 0.3) is 0 Å². The molecule has 92 valence electrons. The molecule has 0 saturated carbocycles. The molecule has 0 aliphatic carbocycles. The normalized spacial score (nSPS) is 22.1. The molecule has 1 aliphatic rings. The van der Waals surface area contributed by atoms with Gasteiger partial charge < -0.3 is 15.8 Å². The number of nitrogens with two attached hydrogens (primary N) is 1. The molecule has 6 heteroatoms. The lowest BCUT2D eigenvalue weighted by Gasteiger charge is -2.30. The van der Waals surface area contributed by atoms with Crippen molar-refractivity contribution in [1.82, 2.24) is 10.2 Å². The number of amides is 2. The minimum absolute atomic E-state index is 0.0416. The van der Waals surface area contributed by atoms with Crippen LogP contribution < -0.4 is 11.1 Å². The number of carbonyl (C=O) groups excluding carboxylic acids is 2. The molecule has 1 atom stereocenters. The number of carbonyl (C=O) groups is 2. The standard InChI is InChI=1S/C10H19N3O3/c1-7(2)12-9(14)6-13-3-4-16-8(5-13)10(11)15/h7-8H,3-6H2,1-2H3,(H2,11,15)(H,12,14). The van der Waals surface area contributed by atoms with E-state index < -0.39 is 12.0 Å². The SMILES string of the molecule is CC(C)NC(=O)CN1CCOC(C(N)=O)C1. The van der Waals surface area contributed by atoms with E-state index in [1.807, 2.05) is 18.7 Å². The third kappa shape index (κ3) is 4.16. The highest BCUT2D eigenvalue weighted by molar-refractivity contribution is 5.80. The van der Waals surface area contributed by atoms with Gasteiger partial charge in [-0.2, -0.15) is 0 Å². The number of nitrogens with zero attached hydrogens (tertiary/aromatic N) is 1. The first-order valence-electron chi connectivity index (χ1n) is 5.41. The second-order valence-corrected chi connectivity index (χ2v) is 4.22. The minimum Gasteiger partial charge on any atom is -0.367 e. The summed E-state index contributed by atoms with van der Waals surface area (Å²) in [6, 6.07) is 0.125. The molecule has 1 aliphatic heterocycles. The Kier molecular flexibility index (Phi) is 4.70. The second-order valence-electron chi connectivity index (χ2n) is 4.22. The first-order chi connectivity index (χ1) is 7.49. The lowest BCUT2D eigenvalue weighted by molar-refractivity contribution is -0.137. The molecule has 3 N–H and O–H groups in total. The van der Waals surface area contributed by atoms with Gasteiger partial charge in [0, 0.05) is 19.1 Å². The second kappa shape index (κ2) is 5.81. The van der Waals surface area contributed by atoms with E-state index in [9.17, 15) is 9.59 Å². The van der Waals surface area contributed by atoms with Crippen molar-refractivity contribution in [2.75, 3.05) is 26.2 Å². The largest absolute Gasteiger partial charge is 0.367 e. The maximum atomic E-state index is 11.5. The van der Waals surface area contributed by atoms with Gasteiger partial charge in [0.15, 0.2) is 0 Å². The van der Waals surface area contributed by atoms with E-state index in [2.05, 4.69) is 5.32 Å². The third-order valence-electron chi connectivity index (χ3n) is 2.28. The van der Waals surface area contributed by atoms with Gasteiger partial charge in [0.2, 0.25) is 11.8 Å². The van der Waals surface area contributed by atoms with Crippen molar-refractivity contribution in [3.63, 3.8) is 0 Å². The molecule has 16 heavy (non-hydrogen) atoms. The molecule has 0 bridgehead atoms. The highest BCUT2D eigenvalue weighted by Crippen LogP contribution is 2.04. The third-order valence-corrected chi connectivity index (χ3v) is 2.28. The molecule has 6 nitrogen and oxygen atoms in total. The molecule has 1 fully saturated rings. The van der Waals surface area contributed by atoms with Gasteiger partial charge in [-0.1, -0.05) is 0 Å². The Balaban J connectivity index is 2.37. The van der Waals surface area contributed by atoms with E-state index in [-0.39, 0.29) is 18.5 Å². The number of morpholine rings is 1. The predicted molar refractivity (Wildman–Crippen MR) is 58.7 cm³/mol. The van der Waals surface area contributed by atoms with Gasteiger partial charge in [-0.05, 0) is 13.8 Å². The number of ether oxygens (including phenoxy) is 1. The zero-order valence-electron chi connectivity index (χ0n) is 9.73. The smallest absolute Gasteiger partial charge is 0.247 e. The van der Waals surface area contributed by atoms with Gasteiger partial charge in [-0.15, -0.1) is 0 Å². The van der Waals surface area contributed by atoms with Crippen LogP contribution >= 0.6 is 0 Å². The van der Waals surface area contributed by atoms with Crippen molar-refractivity contribution in [2.45, 2.75) is 26.0 Å². The topological polar surface area (TPSA) is 84.7 Å². The quantitative estimate of drug-likeness (QED) is 0.627. The molecule has 1 heterocycles. The molecule has 0 aromatic carbocycles. The molecule has 1 rings (SSSR count). The highest BCUT2D eigenvalue weighted by atomic mass is 16.5. The van der Waals surface area contributed by atoms with E-state index in [0.717, 1.165) is 0 Å². The van der Waals surface area contributed by atoms with E-state index in [1.165, 1.54) is 0 Å². The minimum atomic E-state index is -0.597. The Morgan fingerprint density at radius 3 is 2.81 bits per heavy atom. The summed E-state index contributed by atoms with van der Waals surface area (Å²) in [5.41, 5.74) is 5.15. The monoisotopic (exact) mass is 229 g/mol. The van der Waals surface area contributed by atoms with Crippen molar-refractivity contribution in [3.05, 3.63) is 0 Å². The van der Waals surface area contributed by atoms with Crippen LogP contribution in [-0.4, -0.2) is 55.1 Å². The van der Waals surface area contributed by atoms with E-state index in [4.69, 9.17) is 10.5 Å². The Morgan fingerprint density at radius 1 is 1.56 bits per heavy atom. The summed E-state index contributed by atoms with van der Waals surface area (Å²) in [5.74, 6) is -0.519. The Bertz CT molecular complexity index is 268. The first kappa shape index (κ1) is 12.9. The van der Waals surface area contributed by atoms with Crippen LogP contribution in [0.5, 0.6) is 0 Å². The lowest BCUT2D eigenvalue weighted by atomic mass is 10.2. The van der Waals surface area contributed by atoms with Crippen molar-refractivity contribution >= 4 is 11.8 Å². The van der Waals surface area contributed by atoms with E-state index >= 15 is 0 Å². The van der Waals surface area contributed by atoms with Crippen LogP contribution in [0, 0.1) is 0 Å². The molecular weight excluding hydrogens is 210 g/mol. The highest BCUT2D eigenvalue weighted by Gasteiger charge is 2.25. The number of nitrogens with one attached hydrogen (secondary N) is 1. The fourth-order valence-electron chi connectivity index (χ4n) is 1.59. The molecule has 0 radical (unpaired) electrons. The molecule has 0 spiro atoms. The lowest BCUT2D eigenvalue weighted by Crippen LogP contribution is -2.51. The number of hydrogen-bond donors (Lipinski definition) is 2. The van der Waals surface area contributed by atoms with Crippen LogP contribution in [0.1, 0.15) is 13.8 Å². The fraction of sp³-hybridized carbons (Fsp3) is 0.800. The van der Waals surface area contributed by atoms with Crippen molar-refractivity contribution in [1.29, 1.82) is 0 Å². The van der Waals surface area contributed by atoms with Crippen molar-refractivity contribution in [3.8, 4) is 0 Å². The summed E-state index contributed by atoms with van der Waals surface area (Å²) in [7, 11) is 0. The molecule has 1 unspecified atom stereocenters. The average molecular weight is 229 g/mol. The maximum absolute atomic E-state index is 11.5. The van der Waals surface area contributed by atoms with Gasteiger partial charge in [-0.25, -0.2) is 0 Å². The van der Waals surface area contributed by atoms with Crippen LogP contribution in [-0.2, 0) is 14.3 Å². The van der Waals surface area contributed by atoms with Crippen LogP contribution in [0.2, 0.25) is 0 Å². The molecule has 2 amide bonds. The van der Waals surface area contributed by atoms with Gasteiger partial charge >= 0.3 is 0 Å². The zero-order valence-corrected chi connectivity index (χ0v) is 9.73. The Hall–Kier alpha value is -1.14. The summed E-state index contributed by atoms with van der Waals surface area (Å²) in [4.78, 5) is 24.3. The molecule has 0 aromatic rings. The van der Waals surface area contributed by atoms with Crippen molar-refractivity contribution < 1.29 is 14.3 Å². The number of rotatable bonds is 4. The van der Waals surface area contributed by atoms with Gasteiger partial charge in [-0.3, -0.25) is 14.5 Å². The van der Waals surface area contributed by atoms with Gasteiger partial charge in [0.1, 0.15) is 6.10 Å². The summed E-state index contributed by atoms with van der Waals surface area (Å²) in [5, 5.41) is 2.80. The fourth-order valence-corrected chi connectivity index (χ4v) is 1.59. The van der Waals surface area contributed by atoms with Crippen LogP contribution in [0.25, 0.3) is 0 Å². The summed E-state index contributed by atoms with van der Waals surface area (Å²) >= 11 is 0. The Labute approximate surface area is 95.1 Å². The van der Waals surface area contributed by atoms with Crippen molar-refractivity contribution in [2.24, 2.45) is 5.73 Å². The van der Waals surface area contributed by atoms with Crippen LogP contribution in [0.3, 0.4) is 0 Å². The number of primary amides is 1. The average Bonchev–Trinajstić information content (AvgIpc) is 2.16. The maximum Gasteiger partial charge on any atom is 0.247 e. The zero-order chi connectivity index (χ0) is 12.1. The molecule has 1 saturated heterocycles. The first-order valence-corrected chi connectivity index (χ1v) is 5.41. The van der Waals surface area contributed by atoms with Crippen LogP contribution in [0.15, 0.2) is 0 Å². The summed E-state index contributed by atoms with van der Waals surface area (Å²) in [6.45, 7) is 5.57. The van der Waals surface area contributed by atoms with E-state index in [1.54, 1.807) is 0 Å².